The number of carbonyl (C=O) groups is 1. The van der Waals surface area contributed by atoms with Crippen LogP contribution in [0.25, 0.3) is 0 Å². The second-order valence-electron chi connectivity index (χ2n) is 5.39. The molecule has 8 nitrogen and oxygen atoms in total. The normalized spacial score (nSPS) is 17.4. The molecule has 1 aliphatic rings. The Hall–Kier alpha value is -2.22. The van der Waals surface area contributed by atoms with Gasteiger partial charge < -0.3 is 15.3 Å². The van der Waals surface area contributed by atoms with E-state index in [9.17, 15) is 20.0 Å². The molecule has 0 spiro atoms. The van der Waals surface area contributed by atoms with Gasteiger partial charge in [-0.25, -0.2) is 4.98 Å². The molecule has 1 fully saturated rings. The number of piperidine rings is 1. The molecule has 0 bridgehead atoms. The summed E-state index contributed by atoms with van der Waals surface area (Å²) < 4.78 is 0. The van der Waals surface area contributed by atoms with E-state index >= 15 is 0 Å². The third-order valence-corrected chi connectivity index (χ3v) is 3.68. The van der Waals surface area contributed by atoms with Gasteiger partial charge in [-0.05, 0) is 19.8 Å². The van der Waals surface area contributed by atoms with E-state index in [4.69, 9.17) is 0 Å². The topological polar surface area (TPSA) is 109 Å². The van der Waals surface area contributed by atoms with Gasteiger partial charge >= 0.3 is 0 Å². The maximum absolute atomic E-state index is 12.5. The zero-order valence-electron chi connectivity index (χ0n) is 12.0. The molecule has 1 amide bonds. The van der Waals surface area contributed by atoms with Crippen molar-refractivity contribution in [1.29, 1.82) is 0 Å². The quantitative estimate of drug-likeness (QED) is 0.636. The monoisotopic (exact) mass is 294 g/mol. The fraction of sp³-hybridized carbons (Fsp3) is 0.538. The van der Waals surface area contributed by atoms with Crippen molar-refractivity contribution in [2.45, 2.75) is 25.4 Å². The number of hydrogen-bond acceptors (Lipinski definition) is 6. The number of aliphatic hydroxyl groups is 1. The standard InChI is InChI=1S/C13H18N4O4/c1-13(19)3-5-16(6-4-13)12(18)10-7-9(17(20)21)8-15-11(10)14-2/h7-8,19H,3-6H2,1-2H3,(H,14,15). The molecule has 0 atom stereocenters. The van der Waals surface area contributed by atoms with Crippen LogP contribution >= 0.6 is 0 Å². The Kier molecular flexibility index (Phi) is 4.08. The van der Waals surface area contributed by atoms with E-state index in [1.165, 1.54) is 6.07 Å². The minimum absolute atomic E-state index is 0.174. The molecule has 114 valence electrons. The Morgan fingerprint density at radius 1 is 1.52 bits per heavy atom. The van der Waals surface area contributed by atoms with Gasteiger partial charge in [0.2, 0.25) is 0 Å². The third kappa shape index (κ3) is 3.27. The number of aromatic nitrogens is 1. The van der Waals surface area contributed by atoms with Crippen LogP contribution in [0.2, 0.25) is 0 Å². The summed E-state index contributed by atoms with van der Waals surface area (Å²) in [5.74, 6) is -0.00557. The zero-order chi connectivity index (χ0) is 15.6. The molecule has 1 aromatic rings. The Balaban J connectivity index is 2.26. The van der Waals surface area contributed by atoms with Gasteiger partial charge in [0.05, 0.1) is 16.1 Å². The highest BCUT2D eigenvalue weighted by Gasteiger charge is 2.31. The smallest absolute Gasteiger partial charge is 0.288 e. The predicted octanol–water partition coefficient (Wildman–Crippen LogP) is 1.02. The van der Waals surface area contributed by atoms with E-state index in [2.05, 4.69) is 10.3 Å². The number of nitrogens with zero attached hydrogens (tertiary/aromatic N) is 3. The molecule has 2 N–H and O–H groups in total. The highest BCUT2D eigenvalue weighted by molar-refractivity contribution is 5.99. The number of likely N-dealkylation sites (tertiary alicyclic amines) is 1. The summed E-state index contributed by atoms with van der Waals surface area (Å²) in [5, 5.41) is 23.5. The summed E-state index contributed by atoms with van der Waals surface area (Å²) >= 11 is 0. The van der Waals surface area contributed by atoms with E-state index in [0.717, 1.165) is 6.20 Å². The molecule has 1 saturated heterocycles. The van der Waals surface area contributed by atoms with E-state index in [1.807, 2.05) is 0 Å². The lowest BCUT2D eigenvalue weighted by atomic mass is 9.93. The summed E-state index contributed by atoms with van der Waals surface area (Å²) in [6, 6.07) is 1.23. The lowest BCUT2D eigenvalue weighted by Gasteiger charge is -2.35. The molecule has 2 heterocycles. The fourth-order valence-electron chi connectivity index (χ4n) is 2.28. The number of pyridine rings is 1. The van der Waals surface area contributed by atoms with Crippen LogP contribution < -0.4 is 5.32 Å². The van der Waals surface area contributed by atoms with Gasteiger partial charge in [-0.3, -0.25) is 14.9 Å². The van der Waals surface area contributed by atoms with Gasteiger partial charge in [0.1, 0.15) is 12.0 Å². The number of carbonyl (C=O) groups excluding carboxylic acids is 1. The second-order valence-corrected chi connectivity index (χ2v) is 5.39. The molecular weight excluding hydrogens is 276 g/mol. The van der Waals surface area contributed by atoms with Gasteiger partial charge in [-0.15, -0.1) is 0 Å². The highest BCUT2D eigenvalue weighted by atomic mass is 16.6. The van der Waals surface area contributed by atoms with Crippen LogP contribution in [-0.2, 0) is 0 Å². The molecule has 21 heavy (non-hydrogen) atoms. The van der Waals surface area contributed by atoms with Gasteiger partial charge in [-0.2, -0.15) is 0 Å². The molecule has 0 aromatic carbocycles. The fourth-order valence-corrected chi connectivity index (χ4v) is 2.28. The molecule has 1 aliphatic heterocycles. The van der Waals surface area contributed by atoms with Crippen LogP contribution in [0, 0.1) is 10.1 Å². The van der Waals surface area contributed by atoms with Crippen molar-refractivity contribution in [2.24, 2.45) is 0 Å². The second kappa shape index (κ2) is 5.65. The summed E-state index contributed by atoms with van der Waals surface area (Å²) in [6.07, 6.45) is 2.08. The maximum Gasteiger partial charge on any atom is 0.288 e. The molecule has 0 unspecified atom stereocenters. The van der Waals surface area contributed by atoms with Crippen LogP contribution in [-0.4, -0.2) is 51.6 Å². The van der Waals surface area contributed by atoms with Crippen LogP contribution in [0.1, 0.15) is 30.1 Å². The largest absolute Gasteiger partial charge is 0.390 e. The van der Waals surface area contributed by atoms with Crippen LogP contribution in [0.4, 0.5) is 11.5 Å². The lowest BCUT2D eigenvalue weighted by Crippen LogP contribution is -2.45. The van der Waals surface area contributed by atoms with Crippen molar-refractivity contribution >= 4 is 17.4 Å². The minimum Gasteiger partial charge on any atom is -0.390 e. The Morgan fingerprint density at radius 2 is 2.14 bits per heavy atom. The summed E-state index contributed by atoms with van der Waals surface area (Å²) in [5.41, 5.74) is -0.807. The van der Waals surface area contributed by atoms with E-state index in [0.29, 0.717) is 31.7 Å². The first-order valence-corrected chi connectivity index (χ1v) is 6.68. The van der Waals surface area contributed by atoms with Crippen LogP contribution in [0.15, 0.2) is 12.3 Å². The SMILES string of the molecule is CNc1ncc([N+](=O)[O-])cc1C(=O)N1CCC(C)(O)CC1. The zero-order valence-corrected chi connectivity index (χ0v) is 12.0. The first kappa shape index (κ1) is 15.2. The van der Waals surface area contributed by atoms with Crippen molar-refractivity contribution in [1.82, 2.24) is 9.88 Å². The number of nitrogens with one attached hydrogen (secondary N) is 1. The molecular formula is C13H18N4O4. The van der Waals surface area contributed by atoms with E-state index in [-0.39, 0.29) is 17.2 Å². The Labute approximate surface area is 121 Å². The molecule has 8 heteroatoms. The van der Waals surface area contributed by atoms with E-state index < -0.39 is 10.5 Å². The summed E-state index contributed by atoms with van der Waals surface area (Å²) in [4.78, 5) is 28.2. The predicted molar refractivity (Wildman–Crippen MR) is 76.2 cm³/mol. The van der Waals surface area contributed by atoms with Gasteiger partial charge in [-0.1, -0.05) is 0 Å². The first-order valence-electron chi connectivity index (χ1n) is 6.68. The molecule has 0 aliphatic carbocycles. The summed E-state index contributed by atoms with van der Waals surface area (Å²) in [6.45, 7) is 2.57. The molecule has 2 rings (SSSR count). The van der Waals surface area contributed by atoms with Crippen LogP contribution in [0.5, 0.6) is 0 Å². The van der Waals surface area contributed by atoms with Crippen molar-refractivity contribution < 1.29 is 14.8 Å². The number of anilines is 1. The average molecular weight is 294 g/mol. The number of rotatable bonds is 3. The number of nitro groups is 1. The summed E-state index contributed by atoms with van der Waals surface area (Å²) in [7, 11) is 1.60. The minimum atomic E-state index is -0.760. The van der Waals surface area contributed by atoms with Crippen molar-refractivity contribution in [3.8, 4) is 0 Å². The lowest BCUT2D eigenvalue weighted by molar-refractivity contribution is -0.385. The van der Waals surface area contributed by atoms with Gasteiger partial charge in [0.15, 0.2) is 0 Å². The molecule has 0 radical (unpaired) electrons. The highest BCUT2D eigenvalue weighted by Crippen LogP contribution is 2.25. The molecule has 1 aromatic heterocycles. The Morgan fingerprint density at radius 3 is 2.67 bits per heavy atom. The number of amides is 1. The van der Waals surface area contributed by atoms with E-state index in [1.54, 1.807) is 18.9 Å². The number of hydrogen-bond donors (Lipinski definition) is 2. The third-order valence-electron chi connectivity index (χ3n) is 3.68. The van der Waals surface area contributed by atoms with Gasteiger partial charge in [0, 0.05) is 26.2 Å². The maximum atomic E-state index is 12.5. The van der Waals surface area contributed by atoms with Crippen LogP contribution in [0.3, 0.4) is 0 Å². The first-order chi connectivity index (χ1) is 9.84. The van der Waals surface area contributed by atoms with Gasteiger partial charge in [0.25, 0.3) is 11.6 Å². The van der Waals surface area contributed by atoms with Crippen molar-refractivity contribution in [3.05, 3.63) is 27.9 Å². The van der Waals surface area contributed by atoms with Crippen molar-refractivity contribution in [2.75, 3.05) is 25.5 Å². The van der Waals surface area contributed by atoms with Crippen molar-refractivity contribution in [3.63, 3.8) is 0 Å². The Bertz CT molecular complexity index is 563. The average Bonchev–Trinajstić information content (AvgIpc) is 2.45. The molecule has 0 saturated carbocycles.